The number of carbonyl (C=O) groups is 1. The summed E-state index contributed by atoms with van der Waals surface area (Å²) in [5.74, 6) is 1.02. The molecule has 1 aromatic rings. The van der Waals surface area contributed by atoms with Crippen LogP contribution < -0.4 is 11.1 Å². The Bertz CT molecular complexity index is 571. The van der Waals surface area contributed by atoms with Crippen LogP contribution in [0.2, 0.25) is 0 Å². The zero-order valence-corrected chi connectivity index (χ0v) is 15.3. The number of aliphatic imine (C=N–C) groups is 1. The highest BCUT2D eigenvalue weighted by Gasteiger charge is 2.23. The topological polar surface area (TPSA) is 80.0 Å². The molecule has 6 nitrogen and oxygen atoms in total. The molecule has 25 heavy (non-hydrogen) atoms. The summed E-state index contributed by atoms with van der Waals surface area (Å²) < 4.78 is 5.14. The molecule has 0 spiro atoms. The van der Waals surface area contributed by atoms with Crippen LogP contribution in [0.15, 0.2) is 29.3 Å². The second-order valence-corrected chi connectivity index (χ2v) is 6.54. The van der Waals surface area contributed by atoms with Crippen LogP contribution in [0.25, 0.3) is 0 Å². The Labute approximate surface area is 150 Å². The maximum Gasteiger partial charge on any atom is 0.217 e. The van der Waals surface area contributed by atoms with E-state index in [1.165, 1.54) is 5.56 Å². The fourth-order valence-corrected chi connectivity index (χ4v) is 3.21. The van der Waals surface area contributed by atoms with Crippen LogP contribution in [0.1, 0.15) is 37.3 Å². The highest BCUT2D eigenvalue weighted by molar-refractivity contribution is 5.80. The first-order valence-corrected chi connectivity index (χ1v) is 9.00. The lowest BCUT2D eigenvalue weighted by atomic mass is 9.95. The summed E-state index contributed by atoms with van der Waals surface area (Å²) in [4.78, 5) is 18.2. The van der Waals surface area contributed by atoms with Crippen LogP contribution in [0.3, 0.4) is 0 Å². The van der Waals surface area contributed by atoms with Gasteiger partial charge in [-0.3, -0.25) is 4.79 Å². The van der Waals surface area contributed by atoms with Gasteiger partial charge in [-0.15, -0.1) is 0 Å². The number of piperidine rings is 1. The first-order chi connectivity index (χ1) is 12.1. The molecule has 1 atom stereocenters. The number of hydrogen-bond donors (Lipinski definition) is 2. The summed E-state index contributed by atoms with van der Waals surface area (Å²) in [5.41, 5.74) is 7.69. The molecule has 1 aliphatic rings. The second-order valence-electron chi connectivity index (χ2n) is 6.54. The number of amides is 1. The van der Waals surface area contributed by atoms with Gasteiger partial charge in [0.05, 0.1) is 13.2 Å². The lowest BCUT2D eigenvalue weighted by molar-refractivity contribution is -0.119. The molecule has 0 aromatic heterocycles. The molecular formula is C19H30N4O2. The zero-order chi connectivity index (χ0) is 18.1. The van der Waals surface area contributed by atoms with Gasteiger partial charge in [-0.25, -0.2) is 4.99 Å². The van der Waals surface area contributed by atoms with Crippen LogP contribution in [0.5, 0.6) is 0 Å². The monoisotopic (exact) mass is 346 g/mol. The summed E-state index contributed by atoms with van der Waals surface area (Å²) in [7, 11) is 1.70. The molecule has 1 aliphatic heterocycles. The number of nitrogens with two attached hydrogens (primary N) is 1. The SMILES string of the molecule is CCNC(=NCc1ccc(COC)cc1)N1CCCC(CC(N)=O)C1. The van der Waals surface area contributed by atoms with Crippen molar-refractivity contribution in [2.45, 2.75) is 39.3 Å². The Morgan fingerprint density at radius 2 is 2.08 bits per heavy atom. The number of carbonyl (C=O) groups excluding carboxylic acids is 1. The molecule has 138 valence electrons. The molecule has 2 rings (SSSR count). The number of rotatable bonds is 7. The van der Waals surface area contributed by atoms with E-state index in [2.05, 4.69) is 41.4 Å². The third-order valence-electron chi connectivity index (χ3n) is 4.39. The van der Waals surface area contributed by atoms with Gasteiger partial charge >= 0.3 is 0 Å². The molecule has 0 saturated carbocycles. The number of nitrogens with one attached hydrogen (secondary N) is 1. The highest BCUT2D eigenvalue weighted by Crippen LogP contribution is 2.19. The number of nitrogens with zero attached hydrogens (tertiary/aromatic N) is 2. The van der Waals surface area contributed by atoms with Crippen molar-refractivity contribution in [3.05, 3.63) is 35.4 Å². The number of ether oxygens (including phenoxy) is 1. The normalized spacial score (nSPS) is 18.2. The zero-order valence-electron chi connectivity index (χ0n) is 15.3. The molecule has 1 unspecified atom stereocenters. The van der Waals surface area contributed by atoms with Gasteiger partial charge in [0, 0.05) is 33.2 Å². The largest absolute Gasteiger partial charge is 0.380 e. The van der Waals surface area contributed by atoms with Gasteiger partial charge in [-0.2, -0.15) is 0 Å². The fourth-order valence-electron chi connectivity index (χ4n) is 3.21. The van der Waals surface area contributed by atoms with Crippen molar-refractivity contribution in [2.24, 2.45) is 16.6 Å². The van der Waals surface area contributed by atoms with Crippen LogP contribution in [-0.4, -0.2) is 43.5 Å². The van der Waals surface area contributed by atoms with Gasteiger partial charge in [-0.05, 0) is 36.8 Å². The van der Waals surface area contributed by atoms with Gasteiger partial charge < -0.3 is 20.7 Å². The highest BCUT2D eigenvalue weighted by atomic mass is 16.5. The van der Waals surface area contributed by atoms with E-state index in [1.54, 1.807) is 7.11 Å². The van der Waals surface area contributed by atoms with E-state index in [4.69, 9.17) is 15.5 Å². The fraction of sp³-hybridized carbons (Fsp3) is 0.579. The summed E-state index contributed by atoms with van der Waals surface area (Å²) in [6, 6.07) is 8.33. The summed E-state index contributed by atoms with van der Waals surface area (Å²) >= 11 is 0. The lowest BCUT2D eigenvalue weighted by Crippen LogP contribution is -2.47. The molecule has 1 fully saturated rings. The molecule has 0 aliphatic carbocycles. The Balaban J connectivity index is 2.00. The minimum Gasteiger partial charge on any atom is -0.380 e. The number of benzene rings is 1. The summed E-state index contributed by atoms with van der Waals surface area (Å²) in [6.07, 6.45) is 2.57. The van der Waals surface area contributed by atoms with Crippen molar-refractivity contribution in [3.8, 4) is 0 Å². The van der Waals surface area contributed by atoms with Crippen molar-refractivity contribution >= 4 is 11.9 Å². The lowest BCUT2D eigenvalue weighted by Gasteiger charge is -2.34. The van der Waals surface area contributed by atoms with Crippen LogP contribution in [0, 0.1) is 5.92 Å². The van der Waals surface area contributed by atoms with Gasteiger partial charge in [-0.1, -0.05) is 24.3 Å². The minimum atomic E-state index is -0.218. The molecule has 3 N–H and O–H groups in total. The van der Waals surface area contributed by atoms with Crippen molar-refractivity contribution in [3.63, 3.8) is 0 Å². The van der Waals surface area contributed by atoms with Gasteiger partial charge in [0.15, 0.2) is 5.96 Å². The van der Waals surface area contributed by atoms with E-state index in [-0.39, 0.29) is 5.91 Å². The number of guanidine groups is 1. The Morgan fingerprint density at radius 3 is 2.72 bits per heavy atom. The molecular weight excluding hydrogens is 316 g/mol. The third kappa shape index (κ3) is 6.38. The van der Waals surface area contributed by atoms with E-state index in [1.807, 2.05) is 0 Å². The Kier molecular flexibility index (Phi) is 7.73. The molecule has 1 aromatic carbocycles. The molecule has 1 heterocycles. The first-order valence-electron chi connectivity index (χ1n) is 9.00. The molecule has 1 saturated heterocycles. The van der Waals surface area contributed by atoms with Crippen molar-refractivity contribution < 1.29 is 9.53 Å². The van der Waals surface area contributed by atoms with E-state index in [0.717, 1.165) is 44.0 Å². The predicted molar refractivity (Wildman–Crippen MR) is 100 cm³/mol. The number of likely N-dealkylation sites (tertiary alicyclic amines) is 1. The van der Waals surface area contributed by atoms with E-state index in [9.17, 15) is 4.79 Å². The van der Waals surface area contributed by atoms with Gasteiger partial charge in [0.25, 0.3) is 0 Å². The van der Waals surface area contributed by atoms with Crippen LogP contribution >= 0.6 is 0 Å². The Morgan fingerprint density at radius 1 is 1.36 bits per heavy atom. The summed E-state index contributed by atoms with van der Waals surface area (Å²) in [6.45, 7) is 5.95. The van der Waals surface area contributed by atoms with Crippen molar-refractivity contribution in [1.82, 2.24) is 10.2 Å². The van der Waals surface area contributed by atoms with Crippen LogP contribution in [-0.2, 0) is 22.7 Å². The standard InChI is InChI=1S/C19H30N4O2/c1-3-21-19(23-10-4-5-17(13-23)11-18(20)24)22-12-15-6-8-16(9-7-15)14-25-2/h6-9,17H,3-5,10-14H2,1-2H3,(H2,20,24)(H,21,22). The number of methoxy groups -OCH3 is 1. The molecule has 1 amide bonds. The quantitative estimate of drug-likeness (QED) is 0.584. The van der Waals surface area contributed by atoms with E-state index in [0.29, 0.717) is 25.5 Å². The maximum atomic E-state index is 11.2. The maximum absolute atomic E-state index is 11.2. The molecule has 6 heteroatoms. The predicted octanol–water partition coefficient (Wildman–Crippen LogP) is 1.89. The first kappa shape index (κ1) is 19.2. The van der Waals surface area contributed by atoms with Crippen LogP contribution in [0.4, 0.5) is 0 Å². The molecule has 0 bridgehead atoms. The average molecular weight is 346 g/mol. The Hall–Kier alpha value is -2.08. The minimum absolute atomic E-state index is 0.218. The summed E-state index contributed by atoms with van der Waals surface area (Å²) in [5, 5.41) is 3.37. The average Bonchev–Trinajstić information content (AvgIpc) is 2.60. The number of hydrogen-bond acceptors (Lipinski definition) is 3. The van der Waals surface area contributed by atoms with Gasteiger partial charge in [0.2, 0.25) is 5.91 Å². The van der Waals surface area contributed by atoms with Crippen molar-refractivity contribution in [2.75, 3.05) is 26.7 Å². The van der Waals surface area contributed by atoms with E-state index < -0.39 is 0 Å². The second kappa shape index (κ2) is 10.0. The van der Waals surface area contributed by atoms with Gasteiger partial charge in [0.1, 0.15) is 0 Å². The smallest absolute Gasteiger partial charge is 0.217 e. The third-order valence-corrected chi connectivity index (χ3v) is 4.39. The number of primary amides is 1. The van der Waals surface area contributed by atoms with E-state index >= 15 is 0 Å². The van der Waals surface area contributed by atoms with Crippen molar-refractivity contribution in [1.29, 1.82) is 0 Å². The molecule has 0 radical (unpaired) electrons.